The van der Waals surface area contributed by atoms with Crippen LogP contribution >= 0.6 is 0 Å². The van der Waals surface area contributed by atoms with Crippen molar-refractivity contribution in [2.45, 2.75) is 25.6 Å². The molecule has 0 radical (unpaired) electrons. The number of imidazole rings is 1. The molecule has 0 bridgehead atoms. The molecule has 1 atom stereocenters. The number of aliphatic hydroxyl groups excluding tert-OH is 1. The third kappa shape index (κ3) is 3.16. The quantitative estimate of drug-likeness (QED) is 0.830. The predicted molar refractivity (Wildman–Crippen MR) is 85.7 cm³/mol. The fraction of sp³-hybridized carbons (Fsp3) is 0.500. The van der Waals surface area contributed by atoms with Crippen molar-refractivity contribution in [1.82, 2.24) is 9.97 Å². The van der Waals surface area contributed by atoms with E-state index < -0.39 is 0 Å². The van der Waals surface area contributed by atoms with E-state index in [1.807, 2.05) is 13.8 Å². The van der Waals surface area contributed by atoms with E-state index in [1.54, 1.807) is 18.2 Å². The minimum Gasteiger partial charge on any atom is -0.465 e. The van der Waals surface area contributed by atoms with Gasteiger partial charge < -0.3 is 24.5 Å². The van der Waals surface area contributed by atoms with Gasteiger partial charge in [0, 0.05) is 13.1 Å². The van der Waals surface area contributed by atoms with Gasteiger partial charge in [-0.25, -0.2) is 9.78 Å². The van der Waals surface area contributed by atoms with Gasteiger partial charge in [0.15, 0.2) is 0 Å². The Bertz CT molecular complexity index is 725. The molecule has 0 aliphatic carbocycles. The van der Waals surface area contributed by atoms with Crippen LogP contribution in [0.4, 0.5) is 5.95 Å². The summed E-state index contributed by atoms with van der Waals surface area (Å²) in [4.78, 5) is 21.5. The lowest BCUT2D eigenvalue weighted by atomic mass is 10.1. The second-order valence-corrected chi connectivity index (χ2v) is 6.35. The van der Waals surface area contributed by atoms with E-state index >= 15 is 0 Å². The monoisotopic (exact) mass is 319 g/mol. The van der Waals surface area contributed by atoms with Crippen LogP contribution in [0, 0.1) is 0 Å². The van der Waals surface area contributed by atoms with Gasteiger partial charge in [-0.1, -0.05) is 0 Å². The molecule has 3 rings (SSSR count). The number of ether oxygens (including phenoxy) is 2. The van der Waals surface area contributed by atoms with Crippen LogP contribution in [0.5, 0.6) is 0 Å². The molecule has 1 aliphatic heterocycles. The van der Waals surface area contributed by atoms with Crippen molar-refractivity contribution < 1.29 is 19.4 Å². The zero-order valence-electron chi connectivity index (χ0n) is 13.5. The van der Waals surface area contributed by atoms with Crippen molar-refractivity contribution in [3.63, 3.8) is 0 Å². The van der Waals surface area contributed by atoms with E-state index in [0.29, 0.717) is 24.6 Å². The van der Waals surface area contributed by atoms with Gasteiger partial charge in [0.05, 0.1) is 42.0 Å². The Morgan fingerprint density at radius 2 is 2.35 bits per heavy atom. The minimum absolute atomic E-state index is 0.0351. The summed E-state index contributed by atoms with van der Waals surface area (Å²) >= 11 is 0. The second kappa shape index (κ2) is 5.82. The lowest BCUT2D eigenvalue weighted by molar-refractivity contribution is -0.101. The molecule has 0 spiro atoms. The van der Waals surface area contributed by atoms with Gasteiger partial charge in [0.25, 0.3) is 0 Å². The zero-order valence-corrected chi connectivity index (χ0v) is 13.5. The maximum Gasteiger partial charge on any atom is 0.337 e. The third-order valence-corrected chi connectivity index (χ3v) is 3.88. The maximum absolute atomic E-state index is 11.6. The number of aliphatic hydroxyl groups is 1. The number of fused-ring (bicyclic) bond motifs is 1. The van der Waals surface area contributed by atoms with Crippen LogP contribution in [0.15, 0.2) is 18.2 Å². The third-order valence-electron chi connectivity index (χ3n) is 3.88. The van der Waals surface area contributed by atoms with E-state index in [4.69, 9.17) is 9.47 Å². The van der Waals surface area contributed by atoms with Crippen LogP contribution in [0.1, 0.15) is 24.2 Å². The average Bonchev–Trinajstić information content (AvgIpc) is 2.95. The van der Waals surface area contributed by atoms with Crippen molar-refractivity contribution in [2.75, 3.05) is 31.7 Å². The van der Waals surface area contributed by atoms with Crippen molar-refractivity contribution >= 4 is 23.0 Å². The first-order chi connectivity index (χ1) is 10.9. The molecular weight excluding hydrogens is 298 g/mol. The number of anilines is 1. The Hall–Kier alpha value is -2.12. The summed E-state index contributed by atoms with van der Waals surface area (Å²) in [7, 11) is 1.36. The van der Waals surface area contributed by atoms with E-state index in [2.05, 4.69) is 14.9 Å². The van der Waals surface area contributed by atoms with Crippen LogP contribution in [-0.4, -0.2) is 59.6 Å². The number of hydrogen-bond donors (Lipinski definition) is 2. The summed E-state index contributed by atoms with van der Waals surface area (Å²) in [5.74, 6) is 0.327. The van der Waals surface area contributed by atoms with Gasteiger partial charge in [0.1, 0.15) is 0 Å². The number of carbonyl (C=O) groups is 1. The van der Waals surface area contributed by atoms with Gasteiger partial charge in [-0.2, -0.15) is 0 Å². The number of nitrogens with one attached hydrogen (secondary N) is 1. The smallest absolute Gasteiger partial charge is 0.337 e. The largest absolute Gasteiger partial charge is 0.465 e. The van der Waals surface area contributed by atoms with Crippen LogP contribution in [0.25, 0.3) is 11.0 Å². The Kier molecular flexibility index (Phi) is 3.99. The van der Waals surface area contributed by atoms with Crippen LogP contribution in [0.3, 0.4) is 0 Å². The number of aromatic nitrogens is 2. The van der Waals surface area contributed by atoms with Crippen LogP contribution in [0.2, 0.25) is 0 Å². The highest BCUT2D eigenvalue weighted by Crippen LogP contribution is 2.26. The Morgan fingerprint density at radius 3 is 3.04 bits per heavy atom. The van der Waals surface area contributed by atoms with E-state index in [9.17, 15) is 9.90 Å². The van der Waals surface area contributed by atoms with Gasteiger partial charge >= 0.3 is 5.97 Å². The van der Waals surface area contributed by atoms with Crippen molar-refractivity contribution in [1.29, 1.82) is 0 Å². The Balaban J connectivity index is 1.92. The first-order valence-corrected chi connectivity index (χ1v) is 7.53. The van der Waals surface area contributed by atoms with Crippen molar-refractivity contribution in [3.8, 4) is 0 Å². The highest BCUT2D eigenvalue weighted by molar-refractivity contribution is 5.93. The summed E-state index contributed by atoms with van der Waals surface area (Å²) < 4.78 is 10.6. The maximum atomic E-state index is 11.6. The molecule has 2 N–H and O–H groups in total. The molecule has 0 saturated carbocycles. The lowest BCUT2D eigenvalue weighted by Crippen LogP contribution is -2.54. The number of benzene rings is 1. The number of rotatable bonds is 3. The molecule has 2 heterocycles. The first-order valence-electron chi connectivity index (χ1n) is 7.53. The average molecular weight is 319 g/mol. The van der Waals surface area contributed by atoms with E-state index in [-0.39, 0.29) is 24.3 Å². The zero-order chi connectivity index (χ0) is 16.6. The van der Waals surface area contributed by atoms with Gasteiger partial charge in [-0.3, -0.25) is 0 Å². The van der Waals surface area contributed by atoms with Crippen molar-refractivity contribution in [3.05, 3.63) is 23.8 Å². The number of methoxy groups -OCH3 is 1. The fourth-order valence-corrected chi connectivity index (χ4v) is 2.94. The van der Waals surface area contributed by atoms with Gasteiger partial charge in [-0.05, 0) is 32.0 Å². The number of aromatic amines is 1. The summed E-state index contributed by atoms with van der Waals surface area (Å²) in [5.41, 5.74) is 1.65. The topological polar surface area (TPSA) is 87.7 Å². The fourth-order valence-electron chi connectivity index (χ4n) is 2.94. The molecule has 1 aliphatic rings. The summed E-state index contributed by atoms with van der Waals surface area (Å²) in [6.45, 7) is 5.16. The second-order valence-electron chi connectivity index (χ2n) is 6.35. The number of morpholine rings is 1. The molecule has 7 nitrogen and oxygen atoms in total. The van der Waals surface area contributed by atoms with Gasteiger partial charge in [0.2, 0.25) is 5.95 Å². The molecule has 1 fully saturated rings. The summed E-state index contributed by atoms with van der Waals surface area (Å²) in [5, 5.41) is 9.42. The number of H-pyrrole nitrogens is 1. The molecule has 124 valence electrons. The first kappa shape index (κ1) is 15.8. The lowest BCUT2D eigenvalue weighted by Gasteiger charge is -2.42. The molecule has 2 aromatic rings. The van der Waals surface area contributed by atoms with E-state index in [1.165, 1.54) is 7.11 Å². The molecule has 23 heavy (non-hydrogen) atoms. The number of carbonyl (C=O) groups excluding carboxylic acids is 1. The van der Waals surface area contributed by atoms with E-state index in [0.717, 1.165) is 11.0 Å². The summed E-state index contributed by atoms with van der Waals surface area (Å²) in [6, 6.07) is 5.21. The predicted octanol–water partition coefficient (Wildman–Crippen LogP) is 1.33. The molecule has 1 unspecified atom stereocenters. The molecule has 7 heteroatoms. The van der Waals surface area contributed by atoms with Crippen LogP contribution in [-0.2, 0) is 9.47 Å². The molecule has 1 saturated heterocycles. The molecule has 0 amide bonds. The highest BCUT2D eigenvalue weighted by atomic mass is 16.5. The number of esters is 1. The molecule has 1 aromatic heterocycles. The SMILES string of the molecule is COC(=O)c1ccc2nc(N3CC(CO)OC(C)(C)C3)[nH]c2c1. The summed E-state index contributed by atoms with van der Waals surface area (Å²) in [6.07, 6.45) is -0.252. The molecule has 1 aromatic carbocycles. The van der Waals surface area contributed by atoms with Gasteiger partial charge in [-0.15, -0.1) is 0 Å². The standard InChI is InChI=1S/C16H21N3O4/c1-16(2)9-19(7-11(8-20)23-16)15-17-12-5-4-10(14(21)22-3)6-13(12)18-15/h4-6,11,20H,7-9H2,1-3H3,(H,17,18). The van der Waals surface area contributed by atoms with Crippen LogP contribution < -0.4 is 4.90 Å². The highest BCUT2D eigenvalue weighted by Gasteiger charge is 2.34. The minimum atomic E-state index is -0.379. The normalized spacial score (nSPS) is 20.7. The number of nitrogens with zero attached hydrogens (tertiary/aromatic N) is 2. The number of hydrogen-bond acceptors (Lipinski definition) is 6. The Morgan fingerprint density at radius 1 is 1.57 bits per heavy atom. The Labute approximate surface area is 134 Å². The molecular formula is C16H21N3O4. The van der Waals surface area contributed by atoms with Crippen molar-refractivity contribution in [2.24, 2.45) is 0 Å².